The SMILES string of the molecule is O=C(OCC1C2CCC(CC2)C1CO)C(F)(F)S(=O)(=O)O. The van der Waals surface area contributed by atoms with E-state index in [9.17, 15) is 27.1 Å². The van der Waals surface area contributed by atoms with Gasteiger partial charge < -0.3 is 9.84 Å². The fourth-order valence-electron chi connectivity index (χ4n) is 3.61. The molecule has 9 heteroatoms. The van der Waals surface area contributed by atoms with E-state index < -0.39 is 21.3 Å². The zero-order valence-corrected chi connectivity index (χ0v) is 12.1. The first-order valence-electron chi connectivity index (χ1n) is 6.81. The topological polar surface area (TPSA) is 101 Å². The molecule has 2 unspecified atom stereocenters. The van der Waals surface area contributed by atoms with Crippen LogP contribution >= 0.6 is 0 Å². The Kier molecular flexibility index (Phi) is 4.55. The third-order valence-corrected chi connectivity index (χ3v) is 5.57. The van der Waals surface area contributed by atoms with Gasteiger partial charge >= 0.3 is 21.3 Å². The summed E-state index contributed by atoms with van der Waals surface area (Å²) in [6.45, 7) is -0.478. The van der Waals surface area contributed by atoms with E-state index in [4.69, 9.17) is 4.55 Å². The summed E-state index contributed by atoms with van der Waals surface area (Å²) in [7, 11) is -5.84. The maximum Gasteiger partial charge on any atom is 0.465 e. The van der Waals surface area contributed by atoms with E-state index in [1.807, 2.05) is 0 Å². The Morgan fingerprint density at radius 3 is 2.05 bits per heavy atom. The van der Waals surface area contributed by atoms with E-state index in [0.29, 0.717) is 0 Å². The van der Waals surface area contributed by atoms with Crippen molar-refractivity contribution in [2.75, 3.05) is 13.2 Å². The van der Waals surface area contributed by atoms with Crippen molar-refractivity contribution in [1.29, 1.82) is 0 Å². The molecule has 3 aliphatic carbocycles. The van der Waals surface area contributed by atoms with Gasteiger partial charge in [-0.2, -0.15) is 17.2 Å². The number of rotatable bonds is 5. The lowest BCUT2D eigenvalue weighted by Gasteiger charge is -2.47. The van der Waals surface area contributed by atoms with E-state index in [1.54, 1.807) is 0 Å². The lowest BCUT2D eigenvalue weighted by atomic mass is 9.59. The Hall–Kier alpha value is -0.800. The molecule has 122 valence electrons. The van der Waals surface area contributed by atoms with Gasteiger partial charge in [0.15, 0.2) is 0 Å². The number of alkyl halides is 2. The quantitative estimate of drug-likeness (QED) is 0.578. The van der Waals surface area contributed by atoms with Crippen molar-refractivity contribution in [1.82, 2.24) is 0 Å². The maximum atomic E-state index is 13.1. The molecule has 3 aliphatic rings. The Morgan fingerprint density at radius 1 is 1.14 bits per heavy atom. The molecule has 0 radical (unpaired) electrons. The molecule has 0 spiro atoms. The highest BCUT2D eigenvalue weighted by atomic mass is 32.2. The van der Waals surface area contributed by atoms with E-state index in [0.717, 1.165) is 25.7 Å². The van der Waals surface area contributed by atoms with Crippen LogP contribution in [0.3, 0.4) is 0 Å². The highest BCUT2D eigenvalue weighted by Crippen LogP contribution is 2.48. The standard InChI is InChI=1S/C12H18F2O6S/c13-12(14,21(17,18)19)11(16)20-6-10-8-3-1-7(2-4-8)9(10)5-15/h7-10,15H,1-6H2,(H,17,18,19). The summed E-state index contributed by atoms with van der Waals surface area (Å²) < 4.78 is 59.8. The number of hydrogen-bond acceptors (Lipinski definition) is 5. The fraction of sp³-hybridized carbons (Fsp3) is 0.917. The zero-order valence-electron chi connectivity index (χ0n) is 11.2. The van der Waals surface area contributed by atoms with Crippen LogP contribution in [0.4, 0.5) is 8.78 Å². The minimum Gasteiger partial charge on any atom is -0.460 e. The molecule has 0 aromatic heterocycles. The number of aliphatic hydroxyl groups is 1. The van der Waals surface area contributed by atoms with Crippen molar-refractivity contribution in [3.63, 3.8) is 0 Å². The van der Waals surface area contributed by atoms with Gasteiger partial charge in [0.25, 0.3) is 0 Å². The highest BCUT2D eigenvalue weighted by Gasteiger charge is 2.54. The predicted molar refractivity (Wildman–Crippen MR) is 67.0 cm³/mol. The van der Waals surface area contributed by atoms with Crippen molar-refractivity contribution in [3.05, 3.63) is 0 Å². The Labute approximate surface area is 121 Å². The maximum absolute atomic E-state index is 13.1. The Balaban J connectivity index is 2.01. The molecule has 0 saturated heterocycles. The van der Waals surface area contributed by atoms with Gasteiger partial charge in [-0.15, -0.1) is 0 Å². The average molecular weight is 328 g/mol. The van der Waals surface area contributed by atoms with Crippen molar-refractivity contribution in [2.24, 2.45) is 23.7 Å². The second-order valence-corrected chi connectivity index (χ2v) is 7.24. The summed E-state index contributed by atoms with van der Waals surface area (Å²) in [6, 6.07) is 0. The summed E-state index contributed by atoms with van der Waals surface area (Å²) in [5, 5.41) is 4.45. The van der Waals surface area contributed by atoms with Gasteiger partial charge in [-0.1, -0.05) is 0 Å². The normalized spacial score (nSPS) is 33.0. The molecule has 6 nitrogen and oxygen atoms in total. The largest absolute Gasteiger partial charge is 0.465 e. The highest BCUT2D eigenvalue weighted by molar-refractivity contribution is 7.87. The number of carbonyl (C=O) groups excluding carboxylic acids is 1. The van der Waals surface area contributed by atoms with Crippen LogP contribution in [0.25, 0.3) is 0 Å². The second kappa shape index (κ2) is 5.77. The van der Waals surface area contributed by atoms with E-state index >= 15 is 0 Å². The third-order valence-electron chi connectivity index (χ3n) is 4.76. The number of hydrogen-bond donors (Lipinski definition) is 2. The summed E-state index contributed by atoms with van der Waals surface area (Å²) in [4.78, 5) is 11.2. The molecular formula is C12H18F2O6S. The molecule has 0 aromatic carbocycles. The van der Waals surface area contributed by atoms with Crippen LogP contribution in [0, 0.1) is 23.7 Å². The first-order chi connectivity index (χ1) is 9.68. The van der Waals surface area contributed by atoms with Crippen LogP contribution < -0.4 is 0 Å². The fourth-order valence-corrected chi connectivity index (χ4v) is 3.88. The number of carbonyl (C=O) groups is 1. The third kappa shape index (κ3) is 3.04. The van der Waals surface area contributed by atoms with Gasteiger partial charge in [0.1, 0.15) is 0 Å². The van der Waals surface area contributed by atoms with Gasteiger partial charge in [0.2, 0.25) is 0 Å². The van der Waals surface area contributed by atoms with Gasteiger partial charge in [-0.25, -0.2) is 4.79 Å². The molecule has 21 heavy (non-hydrogen) atoms. The van der Waals surface area contributed by atoms with Crippen molar-refractivity contribution >= 4 is 16.1 Å². The van der Waals surface area contributed by atoms with Crippen LogP contribution in [0.2, 0.25) is 0 Å². The van der Waals surface area contributed by atoms with Crippen LogP contribution in [-0.4, -0.2) is 42.5 Å². The number of fused-ring (bicyclic) bond motifs is 3. The van der Waals surface area contributed by atoms with Crippen molar-refractivity contribution < 1.29 is 36.4 Å². The second-order valence-electron chi connectivity index (χ2n) is 5.78. The minimum atomic E-state index is -5.84. The lowest BCUT2D eigenvalue weighted by Crippen LogP contribution is -2.46. The Morgan fingerprint density at radius 2 is 1.62 bits per heavy atom. The summed E-state index contributed by atoms with van der Waals surface area (Å²) in [5.41, 5.74) is 0. The number of esters is 1. The molecule has 3 fully saturated rings. The summed E-state index contributed by atoms with van der Waals surface area (Å²) in [6.07, 6.45) is 3.69. The molecule has 3 saturated carbocycles. The van der Waals surface area contributed by atoms with Crippen molar-refractivity contribution in [3.8, 4) is 0 Å². The molecule has 2 N–H and O–H groups in total. The van der Waals surface area contributed by atoms with E-state index in [1.165, 1.54) is 0 Å². The van der Waals surface area contributed by atoms with Crippen molar-refractivity contribution in [2.45, 2.75) is 30.9 Å². The van der Waals surface area contributed by atoms with E-state index in [-0.39, 0.29) is 36.9 Å². The average Bonchev–Trinajstić information content (AvgIpc) is 2.44. The lowest BCUT2D eigenvalue weighted by molar-refractivity contribution is -0.166. The first-order valence-corrected chi connectivity index (χ1v) is 8.25. The van der Waals surface area contributed by atoms with Crippen LogP contribution in [0.15, 0.2) is 0 Å². The molecule has 0 heterocycles. The zero-order chi connectivity index (χ0) is 15.8. The van der Waals surface area contributed by atoms with Gasteiger partial charge in [0, 0.05) is 12.5 Å². The smallest absolute Gasteiger partial charge is 0.460 e. The molecule has 2 atom stereocenters. The van der Waals surface area contributed by atoms with Gasteiger partial charge in [0.05, 0.1) is 6.61 Å². The molecule has 0 amide bonds. The van der Waals surface area contributed by atoms with Crippen LogP contribution in [-0.2, 0) is 19.6 Å². The van der Waals surface area contributed by atoms with Gasteiger partial charge in [-0.3, -0.25) is 4.55 Å². The van der Waals surface area contributed by atoms with E-state index in [2.05, 4.69) is 4.74 Å². The molecule has 0 aliphatic heterocycles. The molecule has 2 bridgehead atoms. The predicted octanol–water partition coefficient (Wildman–Crippen LogP) is 1.05. The molecular weight excluding hydrogens is 310 g/mol. The van der Waals surface area contributed by atoms with Crippen LogP contribution in [0.5, 0.6) is 0 Å². The monoisotopic (exact) mass is 328 g/mol. The number of halogens is 2. The molecule has 3 rings (SSSR count). The summed E-state index contributed by atoms with van der Waals surface area (Å²) >= 11 is 0. The number of aliphatic hydroxyl groups excluding tert-OH is 1. The first kappa shape index (κ1) is 16.6. The van der Waals surface area contributed by atoms with Gasteiger partial charge in [-0.05, 0) is 43.4 Å². The summed E-state index contributed by atoms with van der Waals surface area (Å²) in [5.74, 6) is -2.18. The minimum absolute atomic E-state index is 0.113. The number of ether oxygens (including phenoxy) is 1. The van der Waals surface area contributed by atoms with Crippen LogP contribution in [0.1, 0.15) is 25.7 Å². The Bertz CT molecular complexity index is 498. The molecule has 0 aromatic rings.